The molecule has 3 rings (SSSR count). The molecule has 0 atom stereocenters. The summed E-state index contributed by atoms with van der Waals surface area (Å²) in [5.41, 5.74) is 0.442. The molecule has 0 saturated heterocycles. The molecule has 7 heteroatoms. The summed E-state index contributed by atoms with van der Waals surface area (Å²) in [5, 5.41) is 22.5. The van der Waals surface area contributed by atoms with Gasteiger partial charge in [0.2, 0.25) is 5.75 Å². The number of phenolic OH excluding ortho intramolecular Hbond substituents is 1. The molecule has 172 valence electrons. The number of hydrogen-bond donors (Lipinski definition) is 3. The fourth-order valence-corrected chi connectivity index (χ4v) is 3.71. The first-order chi connectivity index (χ1) is 15.5. The lowest BCUT2D eigenvalue weighted by Gasteiger charge is -2.16. The van der Waals surface area contributed by atoms with Crippen LogP contribution in [0, 0.1) is 0 Å². The van der Waals surface area contributed by atoms with Gasteiger partial charge in [-0.2, -0.15) is 0 Å². The Morgan fingerprint density at radius 2 is 1.47 bits per heavy atom. The first-order valence-corrected chi connectivity index (χ1v) is 11.5. The molecule has 0 spiro atoms. The minimum absolute atomic E-state index is 0.0802. The van der Waals surface area contributed by atoms with Crippen LogP contribution in [0.5, 0.6) is 23.0 Å². The van der Waals surface area contributed by atoms with Crippen molar-refractivity contribution in [2.45, 2.75) is 52.4 Å². The molecule has 0 bridgehead atoms. The van der Waals surface area contributed by atoms with Crippen LogP contribution in [0.15, 0.2) is 35.1 Å². The summed E-state index contributed by atoms with van der Waals surface area (Å²) in [5.74, 6) is 0.170. The van der Waals surface area contributed by atoms with Crippen LogP contribution in [-0.2, 0) is 0 Å². The number of aromatic amines is 1. The van der Waals surface area contributed by atoms with Crippen LogP contribution in [-0.4, -0.2) is 28.4 Å². The third-order valence-corrected chi connectivity index (χ3v) is 5.52. The maximum absolute atomic E-state index is 12.9. The zero-order valence-electron chi connectivity index (χ0n) is 18.5. The minimum atomic E-state index is -0.475. The van der Waals surface area contributed by atoms with Crippen LogP contribution in [0.1, 0.15) is 52.4 Å². The number of halogens is 1. The second-order valence-electron chi connectivity index (χ2n) is 7.80. The SMILES string of the molecule is CCCCCOc1cc(-c2c(O)c3ccc(Cl)cc3[nH]c2=O)cc(OCCCCC)c1O. The van der Waals surface area contributed by atoms with Gasteiger partial charge >= 0.3 is 0 Å². The highest BCUT2D eigenvalue weighted by Crippen LogP contribution is 2.43. The Bertz CT molecular complexity index is 1090. The molecule has 0 fully saturated rings. The normalized spacial score (nSPS) is 11.1. The lowest BCUT2D eigenvalue weighted by atomic mass is 10.0. The molecule has 3 N–H and O–H groups in total. The first kappa shape index (κ1) is 23.8. The molecule has 1 heterocycles. The number of pyridine rings is 1. The average Bonchev–Trinajstić information content (AvgIpc) is 2.76. The van der Waals surface area contributed by atoms with E-state index in [1.165, 1.54) is 0 Å². The third-order valence-electron chi connectivity index (χ3n) is 5.29. The van der Waals surface area contributed by atoms with Crippen molar-refractivity contribution >= 4 is 22.5 Å². The molecule has 0 unspecified atom stereocenters. The van der Waals surface area contributed by atoms with Crippen molar-refractivity contribution in [1.29, 1.82) is 0 Å². The Kier molecular flexibility index (Phi) is 8.28. The summed E-state index contributed by atoms with van der Waals surface area (Å²) >= 11 is 6.02. The molecule has 2 aromatic carbocycles. The van der Waals surface area contributed by atoms with E-state index < -0.39 is 5.56 Å². The Hall–Kier alpha value is -2.86. The number of hydrogen-bond acceptors (Lipinski definition) is 5. The first-order valence-electron chi connectivity index (χ1n) is 11.1. The van der Waals surface area contributed by atoms with E-state index in [-0.39, 0.29) is 28.6 Å². The molecule has 0 aliphatic heterocycles. The highest BCUT2D eigenvalue weighted by molar-refractivity contribution is 6.31. The zero-order chi connectivity index (χ0) is 23.1. The van der Waals surface area contributed by atoms with Gasteiger partial charge in [-0.25, -0.2) is 0 Å². The molecule has 0 saturated carbocycles. The van der Waals surface area contributed by atoms with E-state index in [2.05, 4.69) is 18.8 Å². The molecule has 0 radical (unpaired) electrons. The predicted molar refractivity (Wildman–Crippen MR) is 128 cm³/mol. The van der Waals surface area contributed by atoms with Gasteiger partial charge in [-0.3, -0.25) is 4.79 Å². The topological polar surface area (TPSA) is 91.8 Å². The minimum Gasteiger partial charge on any atom is -0.506 e. The third kappa shape index (κ3) is 5.49. The lowest BCUT2D eigenvalue weighted by molar-refractivity contribution is 0.266. The van der Waals surface area contributed by atoms with Gasteiger partial charge in [0, 0.05) is 10.4 Å². The number of unbranched alkanes of at least 4 members (excludes halogenated alkanes) is 4. The van der Waals surface area contributed by atoms with Crippen molar-refractivity contribution in [2.75, 3.05) is 13.2 Å². The van der Waals surface area contributed by atoms with Crippen molar-refractivity contribution in [2.24, 2.45) is 0 Å². The number of rotatable bonds is 11. The molecule has 32 heavy (non-hydrogen) atoms. The van der Waals surface area contributed by atoms with Crippen LogP contribution < -0.4 is 15.0 Å². The van der Waals surface area contributed by atoms with Gasteiger partial charge in [0.05, 0.1) is 24.3 Å². The molecule has 6 nitrogen and oxygen atoms in total. The zero-order valence-corrected chi connectivity index (χ0v) is 19.3. The van der Waals surface area contributed by atoms with Gasteiger partial charge in [-0.1, -0.05) is 51.1 Å². The standard InChI is InChI=1S/C25H30ClNO5/c1-3-5-7-11-31-20-13-16(14-21(24(20)29)32-12-8-6-4-2)22-23(28)18-10-9-17(26)15-19(18)27-25(22)30/h9-10,13-15,29H,3-8,11-12H2,1-2H3,(H2,27,28,30). The van der Waals surface area contributed by atoms with E-state index in [0.717, 1.165) is 38.5 Å². The van der Waals surface area contributed by atoms with Crippen molar-refractivity contribution < 1.29 is 19.7 Å². The van der Waals surface area contributed by atoms with Crippen LogP contribution >= 0.6 is 11.6 Å². The molecular weight excluding hydrogens is 430 g/mol. The average molecular weight is 460 g/mol. The number of fused-ring (bicyclic) bond motifs is 1. The fraction of sp³-hybridized carbons (Fsp3) is 0.400. The van der Waals surface area contributed by atoms with Gasteiger partial charge in [-0.05, 0) is 48.7 Å². The quantitative estimate of drug-likeness (QED) is 0.288. The number of aromatic nitrogens is 1. The number of phenols is 1. The van der Waals surface area contributed by atoms with Crippen LogP contribution in [0.2, 0.25) is 5.02 Å². The van der Waals surface area contributed by atoms with E-state index in [0.29, 0.717) is 34.7 Å². The molecule has 3 aromatic rings. The van der Waals surface area contributed by atoms with Gasteiger partial charge in [0.1, 0.15) is 5.75 Å². The number of H-pyrrole nitrogens is 1. The van der Waals surface area contributed by atoms with E-state index in [1.54, 1.807) is 30.3 Å². The summed E-state index contributed by atoms with van der Waals surface area (Å²) in [6, 6.07) is 8.01. The number of ether oxygens (including phenoxy) is 2. The van der Waals surface area contributed by atoms with E-state index >= 15 is 0 Å². The molecule has 1 aromatic heterocycles. The summed E-state index contributed by atoms with van der Waals surface area (Å²) in [6.45, 7) is 5.06. The Morgan fingerprint density at radius 1 is 0.875 bits per heavy atom. The number of benzene rings is 2. The predicted octanol–water partition coefficient (Wildman–Crippen LogP) is 6.40. The van der Waals surface area contributed by atoms with Crippen LogP contribution in [0.4, 0.5) is 0 Å². The summed E-state index contributed by atoms with van der Waals surface area (Å²) in [4.78, 5) is 15.6. The van der Waals surface area contributed by atoms with Crippen molar-refractivity contribution in [1.82, 2.24) is 4.98 Å². The smallest absolute Gasteiger partial charge is 0.260 e. The second-order valence-corrected chi connectivity index (χ2v) is 8.24. The number of nitrogens with one attached hydrogen (secondary N) is 1. The second kappa shape index (κ2) is 11.1. The Balaban J connectivity index is 2.06. The molecular formula is C25H30ClNO5. The Labute approximate surface area is 192 Å². The summed E-state index contributed by atoms with van der Waals surface area (Å²) in [7, 11) is 0. The van der Waals surface area contributed by atoms with Crippen molar-refractivity contribution in [3.63, 3.8) is 0 Å². The molecule has 0 aliphatic rings. The van der Waals surface area contributed by atoms with Crippen molar-refractivity contribution in [3.05, 3.63) is 45.7 Å². The Morgan fingerprint density at radius 3 is 2.03 bits per heavy atom. The summed E-state index contributed by atoms with van der Waals surface area (Å²) < 4.78 is 11.6. The highest BCUT2D eigenvalue weighted by atomic mass is 35.5. The van der Waals surface area contributed by atoms with Gasteiger partial charge < -0.3 is 24.7 Å². The van der Waals surface area contributed by atoms with Gasteiger partial charge in [0.15, 0.2) is 11.5 Å². The van der Waals surface area contributed by atoms with Crippen LogP contribution in [0.25, 0.3) is 22.0 Å². The number of aromatic hydroxyl groups is 2. The fourth-order valence-electron chi connectivity index (χ4n) is 3.54. The van der Waals surface area contributed by atoms with Gasteiger partial charge in [-0.15, -0.1) is 0 Å². The maximum atomic E-state index is 12.9. The van der Waals surface area contributed by atoms with Gasteiger partial charge in [0.25, 0.3) is 5.56 Å². The molecule has 0 aliphatic carbocycles. The van der Waals surface area contributed by atoms with Crippen LogP contribution in [0.3, 0.4) is 0 Å². The summed E-state index contributed by atoms with van der Waals surface area (Å²) in [6.07, 6.45) is 5.80. The monoisotopic (exact) mass is 459 g/mol. The van der Waals surface area contributed by atoms with E-state index in [1.807, 2.05) is 0 Å². The maximum Gasteiger partial charge on any atom is 0.260 e. The largest absolute Gasteiger partial charge is 0.506 e. The highest BCUT2D eigenvalue weighted by Gasteiger charge is 2.20. The lowest BCUT2D eigenvalue weighted by Crippen LogP contribution is -2.10. The molecule has 0 amide bonds. The van der Waals surface area contributed by atoms with E-state index in [4.69, 9.17) is 21.1 Å². The van der Waals surface area contributed by atoms with Crippen molar-refractivity contribution in [3.8, 4) is 34.1 Å². The van der Waals surface area contributed by atoms with E-state index in [9.17, 15) is 15.0 Å².